The Balaban J connectivity index is 1.27. The van der Waals surface area contributed by atoms with E-state index < -0.39 is 11.8 Å². The molecule has 1 fully saturated rings. The topological polar surface area (TPSA) is 123 Å². The maximum absolute atomic E-state index is 14.6. The Morgan fingerprint density at radius 2 is 2.06 bits per heavy atom. The monoisotopic (exact) mass is 422 g/mol. The third-order valence-corrected chi connectivity index (χ3v) is 5.19. The fourth-order valence-corrected chi connectivity index (χ4v) is 3.72. The highest BCUT2D eigenvalue weighted by atomic mass is 19.1. The summed E-state index contributed by atoms with van der Waals surface area (Å²) in [6.45, 7) is 0. The molecule has 1 aromatic carbocycles. The van der Waals surface area contributed by atoms with E-state index in [-0.39, 0.29) is 17.3 Å². The molecule has 2 amide bonds. The van der Waals surface area contributed by atoms with Crippen molar-refractivity contribution in [2.45, 2.75) is 31.7 Å². The number of urea groups is 1. The van der Waals surface area contributed by atoms with E-state index in [2.05, 4.69) is 35.9 Å². The van der Waals surface area contributed by atoms with E-state index in [9.17, 15) is 9.18 Å². The lowest BCUT2D eigenvalue weighted by molar-refractivity contribution is 0.262. The van der Waals surface area contributed by atoms with Crippen LogP contribution in [0.1, 0.15) is 31.7 Å². The summed E-state index contributed by atoms with van der Waals surface area (Å²) in [6, 6.07) is 5.69. The Kier molecular flexibility index (Phi) is 4.90. The highest BCUT2D eigenvalue weighted by molar-refractivity contribution is 5.99. The van der Waals surface area contributed by atoms with Gasteiger partial charge in [-0.15, -0.1) is 0 Å². The van der Waals surface area contributed by atoms with Gasteiger partial charge in [-0.3, -0.25) is 10.4 Å². The standard InChI is InChI=1S/C20H19FN8O2/c21-15-9-12(5-6-16(15)31-19-14-10-24-28-18(14)22-11-23-19)26-20(30)27-17-7-8-25-29(17)13-3-1-2-4-13/h5-11,13H,1-4H2,(H2,26,27,30)(H,22,23,24,28). The first-order valence-electron chi connectivity index (χ1n) is 9.90. The van der Waals surface area contributed by atoms with E-state index in [1.165, 1.54) is 24.7 Å². The maximum Gasteiger partial charge on any atom is 0.324 e. The summed E-state index contributed by atoms with van der Waals surface area (Å²) in [4.78, 5) is 20.4. The molecular formula is C20H19FN8O2. The molecule has 11 heteroatoms. The van der Waals surface area contributed by atoms with Gasteiger partial charge in [-0.25, -0.2) is 23.8 Å². The Bertz CT molecular complexity index is 1230. The molecule has 3 N–H and O–H groups in total. The second kappa shape index (κ2) is 8.01. The molecule has 0 saturated heterocycles. The van der Waals surface area contributed by atoms with Crippen LogP contribution >= 0.6 is 0 Å². The Labute approximate surface area is 175 Å². The molecule has 4 aromatic rings. The van der Waals surface area contributed by atoms with Gasteiger partial charge in [-0.05, 0) is 25.0 Å². The molecule has 0 aliphatic heterocycles. The minimum absolute atomic E-state index is 0.0357. The summed E-state index contributed by atoms with van der Waals surface area (Å²) in [6.07, 6.45) is 8.85. The number of nitrogens with zero attached hydrogens (tertiary/aromatic N) is 5. The number of ether oxygens (including phenoxy) is 1. The predicted octanol–water partition coefficient (Wildman–Crippen LogP) is 4.24. The molecule has 1 aliphatic rings. The Hall–Kier alpha value is -4.02. The van der Waals surface area contributed by atoms with Crippen LogP contribution in [0.4, 0.5) is 20.7 Å². The van der Waals surface area contributed by atoms with E-state index in [0.29, 0.717) is 22.9 Å². The minimum Gasteiger partial charge on any atom is -0.435 e. The first-order valence-corrected chi connectivity index (χ1v) is 9.90. The quantitative estimate of drug-likeness (QED) is 0.442. The lowest BCUT2D eigenvalue weighted by atomic mass is 10.2. The van der Waals surface area contributed by atoms with Crippen LogP contribution in [-0.4, -0.2) is 36.0 Å². The summed E-state index contributed by atoms with van der Waals surface area (Å²) in [7, 11) is 0. The minimum atomic E-state index is -0.649. The average Bonchev–Trinajstić information content (AvgIpc) is 3.51. The van der Waals surface area contributed by atoms with Crippen LogP contribution in [0, 0.1) is 5.82 Å². The second-order valence-electron chi connectivity index (χ2n) is 7.24. The molecule has 0 spiro atoms. The fourth-order valence-electron chi connectivity index (χ4n) is 3.72. The van der Waals surface area contributed by atoms with Crippen LogP contribution in [0.15, 0.2) is 43.0 Å². The highest BCUT2D eigenvalue weighted by Gasteiger charge is 2.20. The molecule has 0 unspecified atom stereocenters. The first-order chi connectivity index (χ1) is 15.2. The van der Waals surface area contributed by atoms with Crippen molar-refractivity contribution in [2.75, 3.05) is 10.6 Å². The van der Waals surface area contributed by atoms with Crippen molar-refractivity contribution in [3.8, 4) is 11.6 Å². The Morgan fingerprint density at radius 1 is 1.19 bits per heavy atom. The van der Waals surface area contributed by atoms with Crippen molar-refractivity contribution in [1.29, 1.82) is 0 Å². The van der Waals surface area contributed by atoms with Gasteiger partial charge < -0.3 is 10.1 Å². The van der Waals surface area contributed by atoms with Gasteiger partial charge in [0.15, 0.2) is 17.2 Å². The number of nitrogens with one attached hydrogen (secondary N) is 3. The first kappa shape index (κ1) is 19.0. The van der Waals surface area contributed by atoms with Crippen LogP contribution < -0.4 is 15.4 Å². The van der Waals surface area contributed by atoms with Crippen LogP contribution in [0.5, 0.6) is 11.6 Å². The highest BCUT2D eigenvalue weighted by Crippen LogP contribution is 2.31. The van der Waals surface area contributed by atoms with Crippen molar-refractivity contribution in [3.63, 3.8) is 0 Å². The molecule has 1 aliphatic carbocycles. The van der Waals surface area contributed by atoms with Crippen molar-refractivity contribution in [2.24, 2.45) is 0 Å². The molecule has 5 rings (SSSR count). The van der Waals surface area contributed by atoms with E-state index >= 15 is 0 Å². The average molecular weight is 422 g/mol. The van der Waals surface area contributed by atoms with Gasteiger partial charge in [-0.1, -0.05) is 12.8 Å². The van der Waals surface area contributed by atoms with Crippen LogP contribution in [-0.2, 0) is 0 Å². The van der Waals surface area contributed by atoms with Gasteiger partial charge in [-0.2, -0.15) is 10.2 Å². The maximum atomic E-state index is 14.6. The Morgan fingerprint density at radius 3 is 2.90 bits per heavy atom. The van der Waals surface area contributed by atoms with Crippen molar-refractivity contribution < 1.29 is 13.9 Å². The van der Waals surface area contributed by atoms with E-state index in [1.54, 1.807) is 18.3 Å². The number of fused-ring (bicyclic) bond motifs is 1. The van der Waals surface area contributed by atoms with Gasteiger partial charge in [0, 0.05) is 17.8 Å². The predicted molar refractivity (Wildman–Crippen MR) is 111 cm³/mol. The van der Waals surface area contributed by atoms with Gasteiger partial charge in [0.1, 0.15) is 17.5 Å². The number of anilines is 2. The number of carbonyl (C=O) groups excluding carboxylic acids is 1. The summed E-state index contributed by atoms with van der Waals surface area (Å²) < 4.78 is 22.0. The van der Waals surface area contributed by atoms with Crippen LogP contribution in [0.25, 0.3) is 11.0 Å². The number of halogens is 1. The normalized spacial score (nSPS) is 14.1. The number of H-pyrrole nitrogens is 1. The summed E-state index contributed by atoms with van der Waals surface area (Å²) in [5, 5.41) is 16.8. The number of carbonyl (C=O) groups is 1. The molecule has 10 nitrogen and oxygen atoms in total. The zero-order valence-corrected chi connectivity index (χ0v) is 16.4. The summed E-state index contributed by atoms with van der Waals surface area (Å²) >= 11 is 0. The second-order valence-corrected chi connectivity index (χ2v) is 7.24. The number of aromatic nitrogens is 6. The summed E-state index contributed by atoms with van der Waals surface area (Å²) in [5.74, 6) is 0.101. The molecule has 3 heterocycles. The number of aromatic amines is 1. The third kappa shape index (κ3) is 3.89. The molecule has 1 saturated carbocycles. The van der Waals surface area contributed by atoms with E-state index in [1.807, 2.05) is 4.68 Å². The zero-order valence-electron chi connectivity index (χ0n) is 16.4. The molecule has 0 radical (unpaired) electrons. The smallest absolute Gasteiger partial charge is 0.324 e. The number of hydrogen-bond donors (Lipinski definition) is 3. The molecular weight excluding hydrogens is 403 g/mol. The fraction of sp³-hybridized carbons (Fsp3) is 0.250. The van der Waals surface area contributed by atoms with Crippen LogP contribution in [0.3, 0.4) is 0 Å². The lowest BCUT2D eigenvalue weighted by Gasteiger charge is -2.15. The van der Waals surface area contributed by atoms with Crippen molar-refractivity contribution in [1.82, 2.24) is 29.9 Å². The number of rotatable bonds is 5. The van der Waals surface area contributed by atoms with E-state index in [4.69, 9.17) is 4.74 Å². The number of benzene rings is 1. The molecule has 0 bridgehead atoms. The number of hydrogen-bond acceptors (Lipinski definition) is 6. The molecule has 31 heavy (non-hydrogen) atoms. The van der Waals surface area contributed by atoms with Gasteiger partial charge in [0.2, 0.25) is 5.88 Å². The molecule has 158 valence electrons. The van der Waals surface area contributed by atoms with Gasteiger partial charge >= 0.3 is 6.03 Å². The largest absolute Gasteiger partial charge is 0.435 e. The van der Waals surface area contributed by atoms with Crippen molar-refractivity contribution in [3.05, 3.63) is 48.8 Å². The zero-order chi connectivity index (χ0) is 21.2. The van der Waals surface area contributed by atoms with Gasteiger partial charge in [0.05, 0.1) is 18.4 Å². The van der Waals surface area contributed by atoms with Crippen LogP contribution in [0.2, 0.25) is 0 Å². The lowest BCUT2D eigenvalue weighted by Crippen LogP contribution is -2.22. The SMILES string of the molecule is O=C(Nc1ccc(Oc2ncnc3[nH]ncc23)c(F)c1)Nc1ccnn1C1CCCC1. The third-order valence-electron chi connectivity index (χ3n) is 5.19. The number of amides is 2. The molecule has 3 aromatic heterocycles. The summed E-state index contributed by atoms with van der Waals surface area (Å²) in [5.41, 5.74) is 0.766. The van der Waals surface area contributed by atoms with Gasteiger partial charge in [0.25, 0.3) is 0 Å². The molecule has 0 atom stereocenters. The van der Waals surface area contributed by atoms with Crippen molar-refractivity contribution >= 4 is 28.6 Å². The van der Waals surface area contributed by atoms with E-state index in [0.717, 1.165) is 25.7 Å².